The number of primary amides is 1. The molecule has 32 heavy (non-hydrogen) atoms. The standard InChI is InChI=1S/C23H26N4O3S2/c1-13(2)18(19(28)25-22(24)30)32-23-26-20-17(15-10-6-7-11-16(15)31-20)21(29)27(23)12-14-8-4-3-5-9-14/h3-5,8-9,13,18H,6-7,10-12H2,1-2H3,(H3,24,25,28,30)/t18-/m0/s1. The van der Waals surface area contributed by atoms with Crippen LogP contribution in [0.5, 0.6) is 0 Å². The molecule has 0 saturated heterocycles. The number of aryl methyl sites for hydroxylation is 2. The van der Waals surface area contributed by atoms with Crippen LogP contribution in [0.3, 0.4) is 0 Å². The van der Waals surface area contributed by atoms with E-state index in [4.69, 9.17) is 10.7 Å². The number of rotatable bonds is 6. The van der Waals surface area contributed by atoms with Gasteiger partial charge in [0.2, 0.25) is 5.91 Å². The molecule has 1 aliphatic carbocycles. The number of carbonyl (C=O) groups is 2. The number of nitrogens with zero attached hydrogens (tertiary/aromatic N) is 2. The van der Waals surface area contributed by atoms with E-state index >= 15 is 0 Å². The van der Waals surface area contributed by atoms with Crippen molar-refractivity contribution in [3.63, 3.8) is 0 Å². The molecule has 2 heterocycles. The summed E-state index contributed by atoms with van der Waals surface area (Å²) in [6.07, 6.45) is 4.09. The lowest BCUT2D eigenvalue weighted by Gasteiger charge is -2.20. The van der Waals surface area contributed by atoms with Crippen molar-refractivity contribution in [2.75, 3.05) is 0 Å². The number of hydrogen-bond acceptors (Lipinski definition) is 6. The lowest BCUT2D eigenvalue weighted by atomic mass is 9.97. The Morgan fingerprint density at radius 2 is 1.94 bits per heavy atom. The van der Waals surface area contributed by atoms with Crippen molar-refractivity contribution in [1.29, 1.82) is 0 Å². The molecule has 4 rings (SSSR count). The van der Waals surface area contributed by atoms with E-state index in [2.05, 4.69) is 5.32 Å². The molecule has 3 N–H and O–H groups in total. The summed E-state index contributed by atoms with van der Waals surface area (Å²) >= 11 is 2.79. The molecule has 0 unspecified atom stereocenters. The van der Waals surface area contributed by atoms with Crippen LogP contribution in [-0.4, -0.2) is 26.7 Å². The average molecular weight is 471 g/mol. The predicted octanol–water partition coefficient (Wildman–Crippen LogP) is 3.70. The van der Waals surface area contributed by atoms with E-state index < -0.39 is 17.2 Å². The van der Waals surface area contributed by atoms with Crippen LogP contribution >= 0.6 is 23.1 Å². The van der Waals surface area contributed by atoms with Gasteiger partial charge in [0.1, 0.15) is 4.83 Å². The number of thioether (sulfide) groups is 1. The van der Waals surface area contributed by atoms with Crippen molar-refractivity contribution in [3.05, 3.63) is 56.7 Å². The highest BCUT2D eigenvalue weighted by molar-refractivity contribution is 8.00. The smallest absolute Gasteiger partial charge is 0.318 e. The number of nitrogens with one attached hydrogen (secondary N) is 1. The summed E-state index contributed by atoms with van der Waals surface area (Å²) in [5.74, 6) is -0.586. The summed E-state index contributed by atoms with van der Waals surface area (Å²) < 4.78 is 1.66. The Kier molecular flexibility index (Phi) is 6.66. The third kappa shape index (κ3) is 4.59. The Morgan fingerprint density at radius 1 is 1.22 bits per heavy atom. The maximum Gasteiger partial charge on any atom is 0.318 e. The predicted molar refractivity (Wildman–Crippen MR) is 128 cm³/mol. The summed E-state index contributed by atoms with van der Waals surface area (Å²) in [5.41, 5.74) is 7.21. The van der Waals surface area contributed by atoms with Gasteiger partial charge < -0.3 is 5.73 Å². The number of imide groups is 1. The fourth-order valence-corrected chi connectivity index (χ4v) is 6.41. The zero-order chi connectivity index (χ0) is 22.8. The molecule has 3 aromatic rings. The number of nitrogens with two attached hydrogens (primary N) is 1. The SMILES string of the molecule is CC(C)[C@H](Sc1nc2sc3c(c2c(=O)n1Cc1ccccc1)CCCC3)C(=O)NC(N)=O. The number of urea groups is 1. The van der Waals surface area contributed by atoms with Gasteiger partial charge in [-0.3, -0.25) is 19.5 Å². The highest BCUT2D eigenvalue weighted by Crippen LogP contribution is 2.36. The van der Waals surface area contributed by atoms with Gasteiger partial charge in [0.05, 0.1) is 17.2 Å². The largest absolute Gasteiger partial charge is 0.351 e. The Balaban J connectivity index is 1.84. The quantitative estimate of drug-likeness (QED) is 0.422. The second-order valence-corrected chi connectivity index (χ2v) is 10.5. The second kappa shape index (κ2) is 9.46. The molecule has 2 aromatic heterocycles. The molecule has 0 saturated carbocycles. The van der Waals surface area contributed by atoms with Crippen LogP contribution in [-0.2, 0) is 24.2 Å². The fourth-order valence-electron chi connectivity index (χ4n) is 4.01. The number of fused-ring (bicyclic) bond motifs is 3. The third-order valence-corrected chi connectivity index (χ3v) is 8.29. The van der Waals surface area contributed by atoms with E-state index in [9.17, 15) is 14.4 Å². The van der Waals surface area contributed by atoms with Crippen LogP contribution in [0.1, 0.15) is 42.7 Å². The van der Waals surface area contributed by atoms with Crippen molar-refractivity contribution in [2.24, 2.45) is 11.7 Å². The van der Waals surface area contributed by atoms with Crippen molar-refractivity contribution >= 4 is 45.3 Å². The maximum atomic E-state index is 13.7. The van der Waals surface area contributed by atoms with Crippen LogP contribution in [0.2, 0.25) is 0 Å². The second-order valence-electron chi connectivity index (χ2n) is 8.30. The van der Waals surface area contributed by atoms with E-state index in [1.54, 1.807) is 15.9 Å². The Morgan fingerprint density at radius 3 is 2.62 bits per heavy atom. The van der Waals surface area contributed by atoms with Crippen LogP contribution in [0.25, 0.3) is 10.2 Å². The zero-order valence-corrected chi connectivity index (χ0v) is 19.7. The van der Waals surface area contributed by atoms with Gasteiger partial charge in [-0.15, -0.1) is 11.3 Å². The highest BCUT2D eigenvalue weighted by Gasteiger charge is 2.29. The van der Waals surface area contributed by atoms with Gasteiger partial charge in [-0.25, -0.2) is 9.78 Å². The van der Waals surface area contributed by atoms with Crippen molar-refractivity contribution in [1.82, 2.24) is 14.9 Å². The Bertz CT molecular complexity index is 1220. The number of aromatic nitrogens is 2. The van der Waals surface area contributed by atoms with Crippen LogP contribution < -0.4 is 16.6 Å². The minimum atomic E-state index is -0.891. The fraction of sp³-hybridized carbons (Fsp3) is 0.391. The average Bonchev–Trinajstić information content (AvgIpc) is 3.12. The zero-order valence-electron chi connectivity index (χ0n) is 18.1. The van der Waals surface area contributed by atoms with E-state index in [0.29, 0.717) is 17.1 Å². The first kappa shape index (κ1) is 22.5. The number of benzene rings is 1. The van der Waals surface area contributed by atoms with Gasteiger partial charge in [0.25, 0.3) is 5.56 Å². The topological polar surface area (TPSA) is 107 Å². The molecule has 0 bridgehead atoms. The molecule has 168 valence electrons. The van der Waals surface area contributed by atoms with Gasteiger partial charge in [0.15, 0.2) is 5.16 Å². The Labute approximate surface area is 194 Å². The van der Waals surface area contributed by atoms with Crippen LogP contribution in [0, 0.1) is 5.92 Å². The summed E-state index contributed by atoms with van der Waals surface area (Å²) in [6, 6.07) is 8.84. The van der Waals surface area contributed by atoms with Crippen LogP contribution in [0.4, 0.5) is 4.79 Å². The van der Waals surface area contributed by atoms with E-state index in [1.807, 2.05) is 44.2 Å². The normalized spacial score (nSPS) is 14.3. The molecule has 1 atom stereocenters. The molecule has 1 aromatic carbocycles. The molecule has 7 nitrogen and oxygen atoms in total. The van der Waals surface area contributed by atoms with Gasteiger partial charge in [-0.05, 0) is 42.7 Å². The molecule has 0 radical (unpaired) electrons. The molecule has 1 aliphatic rings. The molecule has 9 heteroatoms. The summed E-state index contributed by atoms with van der Waals surface area (Å²) in [4.78, 5) is 44.5. The minimum absolute atomic E-state index is 0.0708. The molecule has 0 fully saturated rings. The van der Waals surface area contributed by atoms with Gasteiger partial charge in [-0.2, -0.15) is 0 Å². The first-order chi connectivity index (χ1) is 15.3. The monoisotopic (exact) mass is 470 g/mol. The van der Waals surface area contributed by atoms with Crippen molar-refractivity contribution in [3.8, 4) is 0 Å². The first-order valence-electron chi connectivity index (χ1n) is 10.7. The van der Waals surface area contributed by atoms with Gasteiger partial charge in [-0.1, -0.05) is 55.9 Å². The van der Waals surface area contributed by atoms with E-state index in [-0.39, 0.29) is 11.5 Å². The maximum absolute atomic E-state index is 13.7. The van der Waals surface area contributed by atoms with Gasteiger partial charge in [0, 0.05) is 4.88 Å². The van der Waals surface area contributed by atoms with Crippen molar-refractivity contribution < 1.29 is 9.59 Å². The number of hydrogen-bond donors (Lipinski definition) is 2. The van der Waals surface area contributed by atoms with Crippen LogP contribution in [0.15, 0.2) is 40.3 Å². The van der Waals surface area contributed by atoms with Crippen molar-refractivity contribution in [2.45, 2.75) is 56.5 Å². The van der Waals surface area contributed by atoms with E-state index in [1.165, 1.54) is 16.6 Å². The third-order valence-electron chi connectivity index (χ3n) is 5.57. The number of thiophene rings is 1. The summed E-state index contributed by atoms with van der Waals surface area (Å²) in [7, 11) is 0. The minimum Gasteiger partial charge on any atom is -0.351 e. The van der Waals surface area contributed by atoms with E-state index in [0.717, 1.165) is 41.6 Å². The number of amides is 3. The summed E-state index contributed by atoms with van der Waals surface area (Å²) in [5, 5.41) is 2.74. The number of carbonyl (C=O) groups excluding carboxylic acids is 2. The summed E-state index contributed by atoms with van der Waals surface area (Å²) in [6.45, 7) is 4.14. The Hall–Kier alpha value is -2.65. The van der Waals surface area contributed by atoms with Gasteiger partial charge >= 0.3 is 6.03 Å². The lowest BCUT2D eigenvalue weighted by Crippen LogP contribution is -2.42. The molecule has 0 spiro atoms. The lowest BCUT2D eigenvalue weighted by molar-refractivity contribution is -0.120. The molecule has 3 amide bonds. The molecule has 0 aliphatic heterocycles. The molecular weight excluding hydrogens is 444 g/mol. The first-order valence-corrected chi connectivity index (χ1v) is 12.4. The highest BCUT2D eigenvalue weighted by atomic mass is 32.2. The molecular formula is C23H26N4O3S2.